The van der Waals surface area contributed by atoms with Gasteiger partial charge in [-0.15, -0.1) is 0 Å². The lowest BCUT2D eigenvalue weighted by Crippen LogP contribution is -2.47. The van der Waals surface area contributed by atoms with Crippen LogP contribution in [0.25, 0.3) is 0 Å². The van der Waals surface area contributed by atoms with E-state index in [1.54, 1.807) is 18.2 Å². The third-order valence-electron chi connectivity index (χ3n) is 4.93. The van der Waals surface area contributed by atoms with Gasteiger partial charge in [0.1, 0.15) is 0 Å². The Labute approximate surface area is 185 Å². The molecule has 30 heavy (non-hydrogen) atoms. The zero-order valence-electron chi connectivity index (χ0n) is 18.4. The van der Waals surface area contributed by atoms with Crippen LogP contribution in [0.4, 0.5) is 0 Å². The highest BCUT2D eigenvalue weighted by atomic mass is 35.5. The summed E-state index contributed by atoms with van der Waals surface area (Å²) in [5, 5.41) is 9.93. The van der Waals surface area contributed by atoms with E-state index in [2.05, 4.69) is 34.7 Å². The first-order valence-corrected chi connectivity index (χ1v) is 11.3. The highest BCUT2D eigenvalue weighted by Gasteiger charge is 2.21. The van der Waals surface area contributed by atoms with E-state index in [9.17, 15) is 4.79 Å². The molecule has 168 valence electrons. The average molecular weight is 438 g/mol. The molecule has 1 saturated heterocycles. The number of ether oxygens (including phenoxy) is 1. The molecule has 0 aliphatic carbocycles. The first kappa shape index (κ1) is 24.4. The fourth-order valence-electron chi connectivity index (χ4n) is 3.46. The van der Waals surface area contributed by atoms with Crippen molar-refractivity contribution in [3.8, 4) is 0 Å². The van der Waals surface area contributed by atoms with E-state index < -0.39 is 0 Å². The lowest BCUT2D eigenvalue weighted by atomic mass is 10.0. The molecule has 0 bridgehead atoms. The van der Waals surface area contributed by atoms with Gasteiger partial charge in [0.2, 0.25) is 0 Å². The molecule has 1 aromatic carbocycles. The van der Waals surface area contributed by atoms with Crippen molar-refractivity contribution in [2.75, 3.05) is 52.5 Å². The van der Waals surface area contributed by atoms with Crippen LogP contribution in [0.5, 0.6) is 0 Å². The number of hydrogen-bond acceptors (Lipinski definition) is 4. The van der Waals surface area contributed by atoms with Gasteiger partial charge in [-0.3, -0.25) is 14.7 Å². The number of morpholine rings is 1. The van der Waals surface area contributed by atoms with Crippen molar-refractivity contribution in [1.29, 1.82) is 0 Å². The predicted octanol–water partition coefficient (Wildman–Crippen LogP) is 2.37. The zero-order chi connectivity index (χ0) is 21.8. The summed E-state index contributed by atoms with van der Waals surface area (Å²) in [5.74, 6) is 1.21. The molecular weight excluding hydrogens is 402 g/mol. The molecule has 0 spiro atoms. The summed E-state index contributed by atoms with van der Waals surface area (Å²) in [6.45, 7) is 12.6. The summed E-state index contributed by atoms with van der Waals surface area (Å²) in [7, 11) is 0. The van der Waals surface area contributed by atoms with Crippen LogP contribution in [-0.2, 0) is 4.74 Å². The van der Waals surface area contributed by atoms with Crippen molar-refractivity contribution >= 4 is 23.5 Å². The molecule has 1 aliphatic heterocycles. The molecule has 7 nitrogen and oxygen atoms in total. The summed E-state index contributed by atoms with van der Waals surface area (Å²) in [5.41, 5.74) is 0.488. The van der Waals surface area contributed by atoms with Gasteiger partial charge < -0.3 is 20.7 Å². The minimum atomic E-state index is -0.173. The number of rotatable bonds is 10. The second-order valence-corrected chi connectivity index (χ2v) is 8.22. The van der Waals surface area contributed by atoms with Crippen molar-refractivity contribution in [3.05, 3.63) is 34.9 Å². The SMILES string of the molecule is CCNC(=NCC(CC(C)C)N1CCOCC1)NCCNC(=O)c1ccccc1Cl. The molecule has 1 atom stereocenters. The number of amides is 1. The molecule has 1 heterocycles. The Morgan fingerprint density at radius 1 is 1.17 bits per heavy atom. The average Bonchev–Trinajstić information content (AvgIpc) is 2.74. The van der Waals surface area contributed by atoms with Crippen molar-refractivity contribution < 1.29 is 9.53 Å². The number of aliphatic imine (C=N–C) groups is 1. The molecule has 1 fully saturated rings. The van der Waals surface area contributed by atoms with E-state index in [-0.39, 0.29) is 5.91 Å². The summed E-state index contributed by atoms with van der Waals surface area (Å²) in [6.07, 6.45) is 1.11. The van der Waals surface area contributed by atoms with Gasteiger partial charge in [-0.2, -0.15) is 0 Å². The Hall–Kier alpha value is -1.83. The monoisotopic (exact) mass is 437 g/mol. The molecule has 0 aromatic heterocycles. The van der Waals surface area contributed by atoms with E-state index >= 15 is 0 Å². The topological polar surface area (TPSA) is 78.0 Å². The fraction of sp³-hybridized carbons (Fsp3) is 0.636. The third kappa shape index (κ3) is 8.50. The smallest absolute Gasteiger partial charge is 0.252 e. The number of guanidine groups is 1. The maximum absolute atomic E-state index is 12.2. The predicted molar refractivity (Wildman–Crippen MR) is 123 cm³/mol. The summed E-state index contributed by atoms with van der Waals surface area (Å²) in [4.78, 5) is 19.5. The van der Waals surface area contributed by atoms with Crippen LogP contribution >= 0.6 is 11.6 Å². The Balaban J connectivity index is 1.84. The van der Waals surface area contributed by atoms with Gasteiger partial charge in [0.05, 0.1) is 30.3 Å². The molecular formula is C22H36ClN5O2. The van der Waals surface area contributed by atoms with Gasteiger partial charge in [-0.25, -0.2) is 0 Å². The molecule has 3 N–H and O–H groups in total. The van der Waals surface area contributed by atoms with E-state index in [0.29, 0.717) is 35.6 Å². The molecule has 0 saturated carbocycles. The maximum atomic E-state index is 12.2. The Kier molecular flexibility index (Phi) is 11.0. The van der Waals surface area contributed by atoms with Gasteiger partial charge >= 0.3 is 0 Å². The molecule has 1 amide bonds. The Morgan fingerprint density at radius 3 is 2.53 bits per heavy atom. The molecule has 1 aromatic rings. The standard InChI is InChI=1S/C22H36ClN5O2/c1-4-24-22(26-10-9-25-21(29)19-7-5-6-8-20(19)23)27-16-18(15-17(2)3)28-11-13-30-14-12-28/h5-8,17-18H,4,9-16H2,1-3H3,(H,25,29)(H2,24,26,27). The number of nitrogens with one attached hydrogen (secondary N) is 3. The van der Waals surface area contributed by atoms with Crippen LogP contribution in [0.2, 0.25) is 5.02 Å². The summed E-state index contributed by atoms with van der Waals surface area (Å²) >= 11 is 6.08. The second-order valence-electron chi connectivity index (χ2n) is 7.81. The van der Waals surface area contributed by atoms with Crippen LogP contribution in [0.15, 0.2) is 29.3 Å². The molecule has 2 rings (SSSR count). The van der Waals surface area contributed by atoms with Gasteiger partial charge in [0, 0.05) is 38.8 Å². The minimum Gasteiger partial charge on any atom is -0.379 e. The lowest BCUT2D eigenvalue weighted by molar-refractivity contribution is 0.0143. The third-order valence-corrected chi connectivity index (χ3v) is 5.26. The van der Waals surface area contributed by atoms with Gasteiger partial charge in [-0.1, -0.05) is 37.6 Å². The van der Waals surface area contributed by atoms with Gasteiger partial charge in [0.15, 0.2) is 5.96 Å². The summed E-state index contributed by atoms with van der Waals surface area (Å²) in [6, 6.07) is 7.45. The number of carbonyl (C=O) groups excluding carboxylic acids is 1. The van der Waals surface area contributed by atoms with E-state index in [4.69, 9.17) is 21.3 Å². The normalized spacial score (nSPS) is 16.4. The largest absolute Gasteiger partial charge is 0.379 e. The quantitative estimate of drug-likeness (QED) is 0.297. The van der Waals surface area contributed by atoms with Crippen LogP contribution in [0, 0.1) is 5.92 Å². The molecule has 1 aliphatic rings. The highest BCUT2D eigenvalue weighted by Crippen LogP contribution is 2.15. The van der Waals surface area contributed by atoms with Crippen molar-refractivity contribution in [1.82, 2.24) is 20.9 Å². The van der Waals surface area contributed by atoms with E-state index in [0.717, 1.165) is 51.8 Å². The Morgan fingerprint density at radius 2 is 1.87 bits per heavy atom. The number of halogens is 1. The van der Waals surface area contributed by atoms with Crippen LogP contribution in [-0.4, -0.2) is 75.3 Å². The number of hydrogen-bond donors (Lipinski definition) is 3. The fourth-order valence-corrected chi connectivity index (χ4v) is 3.68. The van der Waals surface area contributed by atoms with Gasteiger partial charge in [-0.05, 0) is 31.4 Å². The van der Waals surface area contributed by atoms with Crippen molar-refractivity contribution in [3.63, 3.8) is 0 Å². The van der Waals surface area contributed by atoms with Crippen LogP contribution in [0.3, 0.4) is 0 Å². The van der Waals surface area contributed by atoms with E-state index in [1.165, 1.54) is 0 Å². The minimum absolute atomic E-state index is 0.173. The first-order valence-electron chi connectivity index (χ1n) is 10.9. The second kappa shape index (κ2) is 13.5. The number of benzene rings is 1. The van der Waals surface area contributed by atoms with Crippen LogP contribution in [0.1, 0.15) is 37.6 Å². The van der Waals surface area contributed by atoms with Crippen molar-refractivity contribution in [2.24, 2.45) is 10.9 Å². The zero-order valence-corrected chi connectivity index (χ0v) is 19.2. The highest BCUT2D eigenvalue weighted by molar-refractivity contribution is 6.33. The lowest BCUT2D eigenvalue weighted by Gasteiger charge is -2.34. The maximum Gasteiger partial charge on any atom is 0.252 e. The van der Waals surface area contributed by atoms with Crippen molar-refractivity contribution in [2.45, 2.75) is 33.2 Å². The molecule has 8 heteroatoms. The van der Waals surface area contributed by atoms with Crippen LogP contribution < -0.4 is 16.0 Å². The first-order chi connectivity index (χ1) is 14.5. The molecule has 0 radical (unpaired) electrons. The number of nitrogens with zero attached hydrogens (tertiary/aromatic N) is 2. The Bertz CT molecular complexity index is 677. The molecule has 1 unspecified atom stereocenters. The van der Waals surface area contributed by atoms with Gasteiger partial charge in [0.25, 0.3) is 5.91 Å². The number of carbonyl (C=O) groups is 1. The van der Waals surface area contributed by atoms with E-state index in [1.807, 2.05) is 13.0 Å². The summed E-state index contributed by atoms with van der Waals surface area (Å²) < 4.78 is 5.50.